The maximum atomic E-state index is 12.3. The van der Waals surface area contributed by atoms with E-state index in [4.69, 9.17) is 4.74 Å². The third kappa shape index (κ3) is 3.99. The van der Waals surface area contributed by atoms with Crippen LogP contribution in [0.4, 0.5) is 5.69 Å². The normalized spacial score (nSPS) is 21.0. The van der Waals surface area contributed by atoms with Gasteiger partial charge >= 0.3 is 5.97 Å². The smallest absolute Gasteiger partial charge is 0.331 e. The minimum atomic E-state index is -3.49. The lowest BCUT2D eigenvalue weighted by Gasteiger charge is -2.24. The zero-order valence-corrected chi connectivity index (χ0v) is 13.6. The van der Waals surface area contributed by atoms with E-state index in [1.54, 1.807) is 13.0 Å². The average molecular weight is 342 g/mol. The van der Waals surface area contributed by atoms with Crippen molar-refractivity contribution in [3.63, 3.8) is 0 Å². The minimum Gasteiger partial charge on any atom is -0.479 e. The van der Waals surface area contributed by atoms with Gasteiger partial charge in [-0.2, -0.15) is 0 Å². The van der Waals surface area contributed by atoms with Crippen LogP contribution >= 0.6 is 0 Å². The van der Waals surface area contributed by atoms with E-state index in [0.717, 1.165) is 6.26 Å². The van der Waals surface area contributed by atoms with Gasteiger partial charge in [0.2, 0.25) is 10.0 Å². The second-order valence-electron chi connectivity index (χ2n) is 5.55. The van der Waals surface area contributed by atoms with Crippen molar-refractivity contribution in [2.45, 2.75) is 18.9 Å². The second kappa shape index (κ2) is 6.17. The van der Waals surface area contributed by atoms with Crippen molar-refractivity contribution < 1.29 is 27.9 Å². The molecule has 1 heterocycles. The Morgan fingerprint density at radius 1 is 1.35 bits per heavy atom. The number of nitrogens with one attached hydrogen (secondary N) is 2. The monoisotopic (exact) mass is 342 g/mol. The number of hydrogen-bond donors (Lipinski definition) is 3. The van der Waals surface area contributed by atoms with Gasteiger partial charge in [0.05, 0.1) is 18.6 Å². The molecule has 0 aliphatic carbocycles. The number of carbonyl (C=O) groups excluding carboxylic acids is 1. The summed E-state index contributed by atoms with van der Waals surface area (Å²) in [5, 5.41) is 11.8. The summed E-state index contributed by atoms with van der Waals surface area (Å²) in [6.07, 6.45) is 1.18. The maximum absolute atomic E-state index is 12.3. The van der Waals surface area contributed by atoms with Gasteiger partial charge in [-0.05, 0) is 24.6 Å². The van der Waals surface area contributed by atoms with Gasteiger partial charge in [0.1, 0.15) is 0 Å². The van der Waals surface area contributed by atoms with Gasteiger partial charge in [-0.25, -0.2) is 13.2 Å². The number of sulfonamides is 1. The molecule has 2 rings (SSSR count). The van der Waals surface area contributed by atoms with E-state index in [1.807, 2.05) is 0 Å². The maximum Gasteiger partial charge on any atom is 0.331 e. The summed E-state index contributed by atoms with van der Waals surface area (Å²) in [5.41, 5.74) is -0.377. The molecule has 1 fully saturated rings. The number of carbonyl (C=O) groups is 2. The number of rotatable bonds is 5. The second-order valence-corrected chi connectivity index (χ2v) is 7.30. The molecule has 1 aliphatic rings. The molecule has 1 aromatic rings. The van der Waals surface area contributed by atoms with Crippen molar-refractivity contribution >= 4 is 27.6 Å². The van der Waals surface area contributed by atoms with Crippen LogP contribution in [0.25, 0.3) is 0 Å². The first-order valence-electron chi connectivity index (χ1n) is 6.85. The topological polar surface area (TPSA) is 122 Å². The fraction of sp³-hybridized carbons (Fsp3) is 0.429. The summed E-state index contributed by atoms with van der Waals surface area (Å²) < 4.78 is 30.1. The van der Waals surface area contributed by atoms with Gasteiger partial charge in [0, 0.05) is 18.6 Å². The van der Waals surface area contributed by atoms with E-state index in [0.29, 0.717) is 5.56 Å². The molecule has 1 aromatic carbocycles. The molecular formula is C14H18N2O6S. The number of benzene rings is 1. The van der Waals surface area contributed by atoms with Gasteiger partial charge < -0.3 is 15.2 Å². The molecule has 1 amide bonds. The highest BCUT2D eigenvalue weighted by Gasteiger charge is 2.44. The third-order valence-electron chi connectivity index (χ3n) is 3.58. The number of aliphatic carboxylic acids is 1. The van der Waals surface area contributed by atoms with Crippen LogP contribution in [0.15, 0.2) is 18.2 Å². The first-order chi connectivity index (χ1) is 10.6. The number of carboxylic acid groups (broad SMARTS) is 1. The number of carboxylic acids is 1. The van der Waals surface area contributed by atoms with E-state index < -0.39 is 27.4 Å². The van der Waals surface area contributed by atoms with Gasteiger partial charge in [0.25, 0.3) is 5.91 Å². The van der Waals surface area contributed by atoms with Crippen LogP contribution in [0.5, 0.6) is 0 Å². The van der Waals surface area contributed by atoms with E-state index in [-0.39, 0.29) is 30.9 Å². The number of anilines is 1. The molecule has 0 aromatic heterocycles. The number of aryl methyl sites for hydroxylation is 1. The SMILES string of the molecule is Cc1ccc(C(=O)NC2(C(=O)O)CCOC2)cc1NS(C)(=O)=O. The molecule has 0 saturated carbocycles. The Balaban J connectivity index is 2.26. The van der Waals surface area contributed by atoms with Crippen molar-refractivity contribution in [1.29, 1.82) is 0 Å². The molecule has 1 atom stereocenters. The molecule has 0 radical (unpaired) electrons. The Hall–Kier alpha value is -2.13. The molecule has 1 saturated heterocycles. The van der Waals surface area contributed by atoms with E-state index in [9.17, 15) is 23.1 Å². The molecule has 1 unspecified atom stereocenters. The van der Waals surface area contributed by atoms with E-state index >= 15 is 0 Å². The predicted molar refractivity (Wildman–Crippen MR) is 82.9 cm³/mol. The lowest BCUT2D eigenvalue weighted by molar-refractivity contribution is -0.144. The lowest BCUT2D eigenvalue weighted by Crippen LogP contribution is -2.55. The van der Waals surface area contributed by atoms with Gasteiger partial charge in [-0.15, -0.1) is 0 Å². The Kier molecular flexibility index (Phi) is 4.62. The zero-order valence-electron chi connectivity index (χ0n) is 12.8. The lowest BCUT2D eigenvalue weighted by atomic mass is 9.98. The molecule has 0 spiro atoms. The number of amides is 1. The van der Waals surface area contributed by atoms with Crippen LogP contribution in [-0.4, -0.2) is 50.4 Å². The molecule has 3 N–H and O–H groups in total. The van der Waals surface area contributed by atoms with Crippen molar-refractivity contribution in [2.75, 3.05) is 24.2 Å². The highest BCUT2D eigenvalue weighted by atomic mass is 32.2. The summed E-state index contributed by atoms with van der Waals surface area (Å²) in [7, 11) is -3.49. The number of hydrogen-bond acceptors (Lipinski definition) is 5. The highest BCUT2D eigenvalue weighted by Crippen LogP contribution is 2.22. The van der Waals surface area contributed by atoms with E-state index in [1.165, 1.54) is 12.1 Å². The van der Waals surface area contributed by atoms with Gasteiger partial charge in [0.15, 0.2) is 5.54 Å². The summed E-state index contributed by atoms with van der Waals surface area (Å²) in [6.45, 7) is 1.84. The number of ether oxygens (including phenoxy) is 1. The Morgan fingerprint density at radius 2 is 2.04 bits per heavy atom. The third-order valence-corrected chi connectivity index (χ3v) is 4.17. The van der Waals surface area contributed by atoms with Crippen LogP contribution in [-0.2, 0) is 19.6 Å². The largest absolute Gasteiger partial charge is 0.479 e. The fourth-order valence-electron chi connectivity index (χ4n) is 2.25. The fourth-order valence-corrected chi connectivity index (χ4v) is 2.87. The average Bonchev–Trinajstić information content (AvgIpc) is 2.89. The summed E-state index contributed by atoms with van der Waals surface area (Å²) in [6, 6.07) is 4.46. The van der Waals surface area contributed by atoms with Gasteiger partial charge in [-0.3, -0.25) is 9.52 Å². The zero-order chi connectivity index (χ0) is 17.3. The molecule has 0 bridgehead atoms. The van der Waals surface area contributed by atoms with Crippen LogP contribution in [0.1, 0.15) is 22.3 Å². The summed E-state index contributed by atoms with van der Waals surface area (Å²) in [4.78, 5) is 23.7. The van der Waals surface area contributed by atoms with Crippen molar-refractivity contribution in [1.82, 2.24) is 5.32 Å². The quantitative estimate of drug-likeness (QED) is 0.709. The Morgan fingerprint density at radius 3 is 2.57 bits per heavy atom. The Labute approximate surface area is 133 Å². The standard InChI is InChI=1S/C14H18N2O6S/c1-9-3-4-10(7-11(9)16-23(2,20)21)12(17)15-14(13(18)19)5-6-22-8-14/h3-4,7,16H,5-6,8H2,1-2H3,(H,15,17)(H,18,19). The van der Waals surface area contributed by atoms with Crippen molar-refractivity contribution in [3.8, 4) is 0 Å². The first kappa shape index (κ1) is 17.2. The summed E-state index contributed by atoms with van der Waals surface area (Å²) in [5.74, 6) is -1.76. The van der Waals surface area contributed by atoms with E-state index in [2.05, 4.69) is 10.0 Å². The molecular weight excluding hydrogens is 324 g/mol. The predicted octanol–water partition coefficient (Wildman–Crippen LogP) is 0.340. The van der Waals surface area contributed by atoms with Crippen LogP contribution in [0.3, 0.4) is 0 Å². The van der Waals surface area contributed by atoms with Crippen LogP contribution < -0.4 is 10.0 Å². The van der Waals surface area contributed by atoms with Crippen molar-refractivity contribution in [3.05, 3.63) is 29.3 Å². The Bertz CT molecular complexity index is 738. The van der Waals surface area contributed by atoms with Gasteiger partial charge in [-0.1, -0.05) is 6.07 Å². The molecule has 126 valence electrons. The van der Waals surface area contributed by atoms with Crippen LogP contribution in [0.2, 0.25) is 0 Å². The molecule has 9 heteroatoms. The highest BCUT2D eigenvalue weighted by molar-refractivity contribution is 7.92. The molecule has 8 nitrogen and oxygen atoms in total. The van der Waals surface area contributed by atoms with Crippen molar-refractivity contribution in [2.24, 2.45) is 0 Å². The molecule has 1 aliphatic heterocycles. The first-order valence-corrected chi connectivity index (χ1v) is 8.74. The molecule has 23 heavy (non-hydrogen) atoms. The van der Waals surface area contributed by atoms with Crippen LogP contribution in [0, 0.1) is 6.92 Å². The minimum absolute atomic E-state index is 0.103. The summed E-state index contributed by atoms with van der Waals surface area (Å²) >= 11 is 0.